The van der Waals surface area contributed by atoms with Crippen LogP contribution < -0.4 is 10.1 Å². The number of nitrogens with one attached hydrogen (secondary N) is 1. The molecule has 140 valence electrons. The fourth-order valence-corrected chi connectivity index (χ4v) is 3.24. The molecular formula is C19H25N3O4. The molecule has 3 amide bonds. The first kappa shape index (κ1) is 18.2. The van der Waals surface area contributed by atoms with E-state index in [4.69, 9.17) is 4.74 Å². The molecule has 1 fully saturated rings. The highest BCUT2D eigenvalue weighted by molar-refractivity contribution is 5.98. The summed E-state index contributed by atoms with van der Waals surface area (Å²) >= 11 is 0. The van der Waals surface area contributed by atoms with E-state index < -0.39 is 0 Å². The van der Waals surface area contributed by atoms with Crippen molar-refractivity contribution in [2.45, 2.75) is 26.7 Å². The fourth-order valence-electron chi connectivity index (χ4n) is 3.24. The first-order valence-corrected chi connectivity index (χ1v) is 9.10. The van der Waals surface area contributed by atoms with Crippen LogP contribution in [-0.2, 0) is 9.59 Å². The lowest BCUT2D eigenvalue weighted by molar-refractivity contribution is -0.134. The minimum atomic E-state index is -0.119. The van der Waals surface area contributed by atoms with Crippen LogP contribution in [0.1, 0.15) is 37.0 Å². The minimum Gasteiger partial charge on any atom is -0.491 e. The molecule has 0 spiro atoms. The van der Waals surface area contributed by atoms with Gasteiger partial charge in [0, 0.05) is 37.7 Å². The largest absolute Gasteiger partial charge is 0.491 e. The molecule has 1 N–H and O–H groups in total. The fraction of sp³-hybridized carbons (Fsp3) is 0.526. The van der Waals surface area contributed by atoms with Crippen LogP contribution in [0, 0.1) is 5.92 Å². The van der Waals surface area contributed by atoms with Gasteiger partial charge in [-0.05, 0) is 24.6 Å². The zero-order valence-corrected chi connectivity index (χ0v) is 15.3. The predicted molar refractivity (Wildman–Crippen MR) is 97.1 cm³/mol. The van der Waals surface area contributed by atoms with Gasteiger partial charge in [-0.3, -0.25) is 14.4 Å². The smallest absolute Gasteiger partial charge is 0.253 e. The van der Waals surface area contributed by atoms with Crippen molar-refractivity contribution in [3.8, 4) is 5.75 Å². The highest BCUT2D eigenvalue weighted by atomic mass is 16.5. The van der Waals surface area contributed by atoms with Crippen LogP contribution in [0.25, 0.3) is 0 Å². The number of rotatable bonds is 2. The second-order valence-electron chi connectivity index (χ2n) is 6.98. The van der Waals surface area contributed by atoms with Crippen LogP contribution in [0.4, 0.5) is 5.69 Å². The van der Waals surface area contributed by atoms with Crippen LogP contribution >= 0.6 is 0 Å². The Kier molecular flexibility index (Phi) is 5.44. The molecular weight excluding hydrogens is 334 g/mol. The quantitative estimate of drug-likeness (QED) is 0.872. The number of carbonyl (C=O) groups excluding carboxylic acids is 3. The number of nitrogens with zero attached hydrogens (tertiary/aromatic N) is 2. The number of benzene rings is 1. The van der Waals surface area contributed by atoms with Gasteiger partial charge in [0.1, 0.15) is 5.75 Å². The van der Waals surface area contributed by atoms with Crippen molar-refractivity contribution in [3.05, 3.63) is 23.8 Å². The van der Waals surface area contributed by atoms with Gasteiger partial charge in [-0.2, -0.15) is 0 Å². The van der Waals surface area contributed by atoms with E-state index in [9.17, 15) is 14.4 Å². The van der Waals surface area contributed by atoms with Crippen LogP contribution in [-0.4, -0.2) is 60.3 Å². The Morgan fingerprint density at radius 2 is 1.85 bits per heavy atom. The van der Waals surface area contributed by atoms with Gasteiger partial charge in [0.2, 0.25) is 11.8 Å². The number of amides is 3. The average molecular weight is 359 g/mol. The Hall–Kier alpha value is -2.57. The molecule has 0 saturated carbocycles. The van der Waals surface area contributed by atoms with Crippen molar-refractivity contribution >= 4 is 23.4 Å². The highest BCUT2D eigenvalue weighted by Crippen LogP contribution is 2.28. The van der Waals surface area contributed by atoms with Gasteiger partial charge in [0.25, 0.3) is 5.91 Å². The van der Waals surface area contributed by atoms with Crippen molar-refractivity contribution in [1.29, 1.82) is 0 Å². The summed E-state index contributed by atoms with van der Waals surface area (Å²) in [7, 11) is 0. The number of anilines is 1. The molecule has 2 aliphatic rings. The van der Waals surface area contributed by atoms with Gasteiger partial charge in [-0.15, -0.1) is 0 Å². The Bertz CT molecular complexity index is 717. The lowest BCUT2D eigenvalue weighted by Gasteiger charge is -2.23. The lowest BCUT2D eigenvalue weighted by Crippen LogP contribution is -2.39. The molecule has 2 heterocycles. The average Bonchev–Trinajstić information content (AvgIpc) is 2.97. The molecule has 0 radical (unpaired) electrons. The maximum Gasteiger partial charge on any atom is 0.253 e. The summed E-state index contributed by atoms with van der Waals surface area (Å²) in [6.45, 7) is 6.46. The van der Waals surface area contributed by atoms with Gasteiger partial charge in [-0.1, -0.05) is 13.8 Å². The maximum atomic E-state index is 12.9. The molecule has 3 rings (SSSR count). The van der Waals surface area contributed by atoms with Crippen molar-refractivity contribution in [3.63, 3.8) is 0 Å². The van der Waals surface area contributed by atoms with Gasteiger partial charge in [-0.25, -0.2) is 0 Å². The molecule has 2 aliphatic heterocycles. The Balaban J connectivity index is 1.71. The summed E-state index contributed by atoms with van der Waals surface area (Å²) in [5.41, 5.74) is 1.04. The van der Waals surface area contributed by atoms with Crippen LogP contribution in [0.2, 0.25) is 0 Å². The van der Waals surface area contributed by atoms with E-state index in [-0.39, 0.29) is 23.6 Å². The molecule has 1 saturated heterocycles. The van der Waals surface area contributed by atoms with Crippen molar-refractivity contribution < 1.29 is 19.1 Å². The molecule has 1 aromatic carbocycles. The molecule has 0 unspecified atom stereocenters. The van der Waals surface area contributed by atoms with Gasteiger partial charge in [0.15, 0.2) is 0 Å². The molecule has 0 aliphatic carbocycles. The number of carbonyl (C=O) groups is 3. The van der Waals surface area contributed by atoms with Crippen molar-refractivity contribution in [2.24, 2.45) is 5.92 Å². The monoisotopic (exact) mass is 359 g/mol. The number of hydrogen-bond donors (Lipinski definition) is 1. The summed E-state index contributed by atoms with van der Waals surface area (Å²) in [6, 6.07) is 5.12. The zero-order valence-electron chi connectivity index (χ0n) is 15.3. The third-order valence-corrected chi connectivity index (χ3v) is 4.68. The molecule has 0 atom stereocenters. The summed E-state index contributed by atoms with van der Waals surface area (Å²) in [4.78, 5) is 40.4. The Labute approximate surface area is 153 Å². The molecule has 1 aromatic rings. The predicted octanol–water partition coefficient (Wildman–Crippen LogP) is 1.74. The Morgan fingerprint density at radius 1 is 1.12 bits per heavy atom. The maximum absolute atomic E-state index is 12.9. The topological polar surface area (TPSA) is 79.0 Å². The summed E-state index contributed by atoms with van der Waals surface area (Å²) < 4.78 is 5.53. The molecule has 0 aromatic heterocycles. The summed E-state index contributed by atoms with van der Waals surface area (Å²) in [6.07, 6.45) is 1.05. The minimum absolute atomic E-state index is 0.0366. The van der Waals surface area contributed by atoms with Crippen LogP contribution in [0.5, 0.6) is 5.75 Å². The van der Waals surface area contributed by atoms with E-state index >= 15 is 0 Å². The highest BCUT2D eigenvalue weighted by Gasteiger charge is 2.25. The van der Waals surface area contributed by atoms with Crippen LogP contribution in [0.15, 0.2) is 18.2 Å². The first-order valence-electron chi connectivity index (χ1n) is 9.10. The van der Waals surface area contributed by atoms with E-state index in [1.54, 1.807) is 23.1 Å². The van der Waals surface area contributed by atoms with Gasteiger partial charge < -0.3 is 19.9 Å². The van der Waals surface area contributed by atoms with E-state index in [0.717, 1.165) is 6.42 Å². The molecule has 7 nitrogen and oxygen atoms in total. The van der Waals surface area contributed by atoms with E-state index in [2.05, 4.69) is 5.32 Å². The third-order valence-electron chi connectivity index (χ3n) is 4.68. The number of hydrogen-bond acceptors (Lipinski definition) is 4. The van der Waals surface area contributed by atoms with E-state index in [1.807, 2.05) is 18.7 Å². The Morgan fingerprint density at radius 3 is 2.62 bits per heavy atom. The standard InChI is InChI=1S/C19H25N3O4/c1-13(2)18(24)21-7-3-8-22(10-9-21)19(25)14-4-5-16-15(12-14)20-17(23)6-11-26-16/h4-5,12-13H,3,6-11H2,1-2H3,(H,20,23). The molecule has 26 heavy (non-hydrogen) atoms. The number of fused-ring (bicyclic) bond motifs is 1. The first-order chi connectivity index (χ1) is 12.5. The van der Waals surface area contributed by atoms with E-state index in [0.29, 0.717) is 56.2 Å². The second kappa shape index (κ2) is 7.76. The SMILES string of the molecule is CC(C)C(=O)N1CCCN(C(=O)c2ccc3c(c2)NC(=O)CCO3)CC1. The van der Waals surface area contributed by atoms with E-state index in [1.165, 1.54) is 0 Å². The third kappa shape index (κ3) is 3.98. The molecule has 0 bridgehead atoms. The van der Waals surface area contributed by atoms with Crippen molar-refractivity contribution in [1.82, 2.24) is 9.80 Å². The summed E-state index contributed by atoms with van der Waals surface area (Å²) in [5.74, 6) is 0.461. The lowest BCUT2D eigenvalue weighted by atomic mass is 10.1. The van der Waals surface area contributed by atoms with Crippen LogP contribution in [0.3, 0.4) is 0 Å². The van der Waals surface area contributed by atoms with Gasteiger partial charge in [0.05, 0.1) is 18.7 Å². The van der Waals surface area contributed by atoms with Crippen molar-refractivity contribution in [2.75, 3.05) is 38.1 Å². The summed E-state index contributed by atoms with van der Waals surface area (Å²) in [5, 5.41) is 2.78. The van der Waals surface area contributed by atoms with Gasteiger partial charge >= 0.3 is 0 Å². The normalized spacial score (nSPS) is 17.7. The second-order valence-corrected chi connectivity index (χ2v) is 6.98. The molecule has 7 heteroatoms. The number of ether oxygens (including phenoxy) is 1. The zero-order chi connectivity index (χ0) is 18.7.